The number of carbonyl (C=O) groups excluding carboxylic acids is 1. The summed E-state index contributed by atoms with van der Waals surface area (Å²) in [7, 11) is -1.23. The van der Waals surface area contributed by atoms with Crippen LogP contribution in [0.2, 0.25) is 0 Å². The average Bonchev–Trinajstić information content (AvgIpc) is 2.83. The largest absolute Gasteiger partial charge is 0.491 e. The molecular formula is C23H25N5O6S2. The zero-order valence-electron chi connectivity index (χ0n) is 19.9. The molecule has 190 valence electrons. The fourth-order valence-corrected chi connectivity index (χ4v) is 4.09. The minimum absolute atomic E-state index is 0.0207. The van der Waals surface area contributed by atoms with Gasteiger partial charge < -0.3 is 19.5 Å². The Morgan fingerprint density at radius 2 is 1.72 bits per heavy atom. The Labute approximate surface area is 214 Å². The molecule has 11 nitrogen and oxygen atoms in total. The number of benzene rings is 2. The molecular weight excluding hydrogens is 506 g/mol. The van der Waals surface area contributed by atoms with Crippen molar-refractivity contribution in [2.45, 2.75) is 24.8 Å². The van der Waals surface area contributed by atoms with Crippen molar-refractivity contribution in [2.75, 3.05) is 24.3 Å². The molecule has 0 saturated heterocycles. The van der Waals surface area contributed by atoms with E-state index in [1.807, 2.05) is 13.8 Å². The first kappa shape index (κ1) is 26.6. The van der Waals surface area contributed by atoms with Crippen LogP contribution < -0.4 is 29.6 Å². The SMILES string of the molecule is COc1cc(NS(=O)(=O)c2ccc(NC(=S)NC(=O)c3cccc(OC(C)C)c3)cc2)nc(OC)n1. The highest BCUT2D eigenvalue weighted by Gasteiger charge is 2.17. The standard InChI is InChI=1S/C23H25N5O6S2/c1-14(2)34-17-7-5-6-15(12-17)21(29)27-23(35)24-16-8-10-18(11-9-16)36(30,31)28-19-13-20(32-3)26-22(25-19)33-4/h5-14H,1-4H3,(H,25,26,28)(H2,24,27,29,35). The lowest BCUT2D eigenvalue weighted by atomic mass is 10.2. The lowest BCUT2D eigenvalue weighted by Gasteiger charge is -2.13. The predicted octanol–water partition coefficient (Wildman–Crippen LogP) is 3.21. The molecule has 1 amide bonds. The Morgan fingerprint density at radius 1 is 1.00 bits per heavy atom. The summed E-state index contributed by atoms with van der Waals surface area (Å²) in [5.74, 6) is 0.267. The molecule has 36 heavy (non-hydrogen) atoms. The second-order valence-electron chi connectivity index (χ2n) is 7.51. The summed E-state index contributed by atoms with van der Waals surface area (Å²) in [6, 6.07) is 13.8. The molecule has 0 unspecified atom stereocenters. The van der Waals surface area contributed by atoms with Gasteiger partial charge in [-0.05, 0) is 68.5 Å². The first-order chi connectivity index (χ1) is 17.1. The highest BCUT2D eigenvalue weighted by molar-refractivity contribution is 7.92. The Hall–Kier alpha value is -3.97. The van der Waals surface area contributed by atoms with E-state index < -0.39 is 15.9 Å². The Bertz CT molecular complexity index is 1330. The van der Waals surface area contributed by atoms with Gasteiger partial charge in [0.2, 0.25) is 5.88 Å². The van der Waals surface area contributed by atoms with Crippen LogP contribution >= 0.6 is 12.2 Å². The number of carbonyl (C=O) groups is 1. The molecule has 0 bridgehead atoms. The smallest absolute Gasteiger partial charge is 0.321 e. The van der Waals surface area contributed by atoms with Gasteiger partial charge in [0.25, 0.3) is 15.9 Å². The van der Waals surface area contributed by atoms with E-state index in [1.165, 1.54) is 44.6 Å². The normalized spacial score (nSPS) is 10.9. The van der Waals surface area contributed by atoms with Crippen molar-refractivity contribution < 1.29 is 27.4 Å². The number of nitrogens with zero attached hydrogens (tertiary/aromatic N) is 2. The third kappa shape index (κ3) is 7.26. The molecule has 0 radical (unpaired) electrons. The summed E-state index contributed by atoms with van der Waals surface area (Å²) in [6.45, 7) is 3.78. The van der Waals surface area contributed by atoms with E-state index in [-0.39, 0.29) is 33.8 Å². The van der Waals surface area contributed by atoms with Crippen molar-refractivity contribution in [3.05, 3.63) is 60.2 Å². The second-order valence-corrected chi connectivity index (χ2v) is 9.61. The van der Waals surface area contributed by atoms with Crippen LogP contribution in [0.25, 0.3) is 0 Å². The number of rotatable bonds is 9. The first-order valence-electron chi connectivity index (χ1n) is 10.6. The highest BCUT2D eigenvalue weighted by atomic mass is 32.2. The summed E-state index contributed by atoms with van der Waals surface area (Å²) in [4.78, 5) is 20.4. The number of ether oxygens (including phenoxy) is 3. The van der Waals surface area contributed by atoms with Crippen molar-refractivity contribution >= 4 is 44.8 Å². The van der Waals surface area contributed by atoms with E-state index in [4.69, 9.17) is 26.4 Å². The lowest BCUT2D eigenvalue weighted by molar-refractivity contribution is 0.0977. The monoisotopic (exact) mass is 531 g/mol. The predicted molar refractivity (Wildman–Crippen MR) is 138 cm³/mol. The van der Waals surface area contributed by atoms with E-state index in [0.717, 1.165) is 0 Å². The van der Waals surface area contributed by atoms with Crippen LogP contribution in [-0.4, -0.2) is 49.7 Å². The molecule has 2 aromatic carbocycles. The topological polar surface area (TPSA) is 141 Å². The van der Waals surface area contributed by atoms with Gasteiger partial charge in [-0.25, -0.2) is 8.42 Å². The van der Waals surface area contributed by atoms with Gasteiger partial charge in [0.15, 0.2) is 10.9 Å². The number of nitrogens with one attached hydrogen (secondary N) is 3. The molecule has 0 aliphatic heterocycles. The maximum absolute atomic E-state index is 12.8. The molecule has 0 aliphatic carbocycles. The summed E-state index contributed by atoms with van der Waals surface area (Å²) >= 11 is 5.21. The van der Waals surface area contributed by atoms with Gasteiger partial charge in [-0.3, -0.25) is 14.8 Å². The minimum atomic E-state index is -3.97. The van der Waals surface area contributed by atoms with Crippen molar-refractivity contribution in [3.63, 3.8) is 0 Å². The number of aromatic nitrogens is 2. The van der Waals surface area contributed by atoms with Crippen LogP contribution in [-0.2, 0) is 10.0 Å². The van der Waals surface area contributed by atoms with Gasteiger partial charge in [-0.1, -0.05) is 6.07 Å². The van der Waals surface area contributed by atoms with Gasteiger partial charge in [0, 0.05) is 17.3 Å². The van der Waals surface area contributed by atoms with Gasteiger partial charge >= 0.3 is 6.01 Å². The molecule has 0 aliphatic rings. The molecule has 0 saturated carbocycles. The Balaban J connectivity index is 1.64. The van der Waals surface area contributed by atoms with Gasteiger partial charge in [-0.2, -0.15) is 9.97 Å². The fraction of sp³-hybridized carbons (Fsp3) is 0.217. The summed E-state index contributed by atoms with van der Waals surface area (Å²) < 4.78 is 43.5. The van der Waals surface area contributed by atoms with Crippen molar-refractivity contribution in [2.24, 2.45) is 0 Å². The van der Waals surface area contributed by atoms with Crippen LogP contribution in [0.1, 0.15) is 24.2 Å². The van der Waals surface area contributed by atoms with Crippen LogP contribution in [0.4, 0.5) is 11.5 Å². The van der Waals surface area contributed by atoms with Crippen LogP contribution in [0.3, 0.4) is 0 Å². The lowest BCUT2D eigenvalue weighted by Crippen LogP contribution is -2.34. The molecule has 3 N–H and O–H groups in total. The highest BCUT2D eigenvalue weighted by Crippen LogP contribution is 2.21. The third-order valence-electron chi connectivity index (χ3n) is 4.43. The van der Waals surface area contributed by atoms with Crippen LogP contribution in [0, 0.1) is 0 Å². The molecule has 0 spiro atoms. The quantitative estimate of drug-likeness (QED) is 0.353. The third-order valence-corrected chi connectivity index (χ3v) is 6.01. The maximum atomic E-state index is 12.8. The minimum Gasteiger partial charge on any atom is -0.491 e. The molecule has 13 heteroatoms. The summed E-state index contributed by atoms with van der Waals surface area (Å²) in [5.41, 5.74) is 0.851. The van der Waals surface area contributed by atoms with Crippen LogP contribution in [0.15, 0.2) is 59.5 Å². The van der Waals surface area contributed by atoms with E-state index in [9.17, 15) is 13.2 Å². The Kier molecular flexibility index (Phi) is 8.61. The summed E-state index contributed by atoms with van der Waals surface area (Å²) in [5, 5.41) is 5.47. The Morgan fingerprint density at radius 3 is 2.36 bits per heavy atom. The van der Waals surface area contributed by atoms with Crippen LogP contribution in [0.5, 0.6) is 17.6 Å². The molecule has 1 aromatic heterocycles. The number of hydrogen-bond acceptors (Lipinski definition) is 9. The molecule has 1 heterocycles. The van der Waals surface area contributed by atoms with E-state index in [2.05, 4.69) is 25.3 Å². The zero-order valence-corrected chi connectivity index (χ0v) is 21.6. The molecule has 0 fully saturated rings. The van der Waals surface area contributed by atoms with Gasteiger partial charge in [0.1, 0.15) is 5.75 Å². The number of anilines is 2. The molecule has 3 rings (SSSR count). The fourth-order valence-electron chi connectivity index (χ4n) is 2.89. The maximum Gasteiger partial charge on any atom is 0.321 e. The first-order valence-corrected chi connectivity index (χ1v) is 12.5. The van der Waals surface area contributed by atoms with Crippen molar-refractivity contribution in [3.8, 4) is 17.6 Å². The van der Waals surface area contributed by atoms with Crippen molar-refractivity contribution in [1.82, 2.24) is 15.3 Å². The number of sulfonamides is 1. The number of thiocarbonyl (C=S) groups is 1. The van der Waals surface area contributed by atoms with E-state index in [0.29, 0.717) is 17.0 Å². The second kappa shape index (κ2) is 11.6. The van der Waals surface area contributed by atoms with Gasteiger partial charge in [0.05, 0.1) is 25.2 Å². The number of hydrogen-bond donors (Lipinski definition) is 3. The summed E-state index contributed by atoms with van der Waals surface area (Å²) in [6.07, 6.45) is -0.0281. The van der Waals surface area contributed by atoms with E-state index in [1.54, 1.807) is 24.3 Å². The zero-order chi connectivity index (χ0) is 26.3. The molecule has 3 aromatic rings. The number of amides is 1. The number of methoxy groups -OCH3 is 2. The average molecular weight is 532 g/mol. The van der Waals surface area contributed by atoms with Gasteiger partial charge in [-0.15, -0.1) is 0 Å². The van der Waals surface area contributed by atoms with E-state index >= 15 is 0 Å². The molecule has 0 atom stereocenters. The van der Waals surface area contributed by atoms with Crippen molar-refractivity contribution in [1.29, 1.82) is 0 Å².